The molecule has 49 heavy (non-hydrogen) atoms. The summed E-state index contributed by atoms with van der Waals surface area (Å²) in [6.45, 7) is 4.14. The highest BCUT2D eigenvalue weighted by Gasteiger charge is 2.14. The Hall–Kier alpha value is -2.63. The van der Waals surface area contributed by atoms with E-state index in [9.17, 15) is 14.4 Å². The van der Waals surface area contributed by atoms with Gasteiger partial charge in [0.1, 0.15) is 0 Å². The van der Waals surface area contributed by atoms with Crippen LogP contribution in [0.3, 0.4) is 0 Å². The summed E-state index contributed by atoms with van der Waals surface area (Å²) in [5, 5.41) is 11.8. The first-order chi connectivity index (χ1) is 24.0. The Kier molecular flexibility index (Phi) is 36.1. The van der Waals surface area contributed by atoms with Crippen LogP contribution in [0.2, 0.25) is 0 Å². The van der Waals surface area contributed by atoms with Gasteiger partial charge in [-0.2, -0.15) is 0 Å². The van der Waals surface area contributed by atoms with E-state index in [0.717, 1.165) is 51.4 Å². The second-order valence-electron chi connectivity index (χ2n) is 13.6. The highest BCUT2D eigenvalue weighted by Crippen LogP contribution is 2.16. The second-order valence-corrected chi connectivity index (χ2v) is 13.6. The minimum Gasteiger partial charge on any atom is -0.481 e. The van der Waals surface area contributed by atoms with Crippen molar-refractivity contribution in [1.82, 2.24) is 5.32 Å². The van der Waals surface area contributed by atoms with Crippen molar-refractivity contribution < 1.29 is 24.2 Å². The van der Waals surface area contributed by atoms with Gasteiger partial charge in [0.15, 0.2) is 6.61 Å². The number of carbonyl (C=O) groups is 3. The van der Waals surface area contributed by atoms with Crippen molar-refractivity contribution in [2.75, 3.05) is 6.61 Å². The van der Waals surface area contributed by atoms with Crippen LogP contribution in [0.25, 0.3) is 0 Å². The molecule has 0 aromatic rings. The lowest BCUT2D eigenvalue weighted by atomic mass is 9.99. The van der Waals surface area contributed by atoms with Crippen molar-refractivity contribution >= 4 is 17.8 Å². The molecule has 0 unspecified atom stereocenters. The van der Waals surface area contributed by atoms with Crippen molar-refractivity contribution in [3.63, 3.8) is 0 Å². The number of ether oxygens (including phenoxy) is 1. The lowest BCUT2D eigenvalue weighted by molar-refractivity contribution is -0.151. The van der Waals surface area contributed by atoms with Crippen LogP contribution in [0.4, 0.5) is 0 Å². The van der Waals surface area contributed by atoms with Gasteiger partial charge in [0.05, 0.1) is 12.8 Å². The molecule has 282 valence electrons. The van der Waals surface area contributed by atoms with Crippen LogP contribution in [0, 0.1) is 0 Å². The van der Waals surface area contributed by atoms with Crippen LogP contribution in [-0.2, 0) is 19.1 Å². The molecule has 6 nitrogen and oxygen atoms in total. The van der Waals surface area contributed by atoms with E-state index >= 15 is 0 Å². The number of nitrogens with one attached hydrogen (secondary N) is 1. The van der Waals surface area contributed by atoms with E-state index in [-0.39, 0.29) is 31.4 Å². The van der Waals surface area contributed by atoms with Gasteiger partial charge in [-0.25, -0.2) is 0 Å². The molecular weight excluding hydrogens is 610 g/mol. The molecule has 2 N–H and O–H groups in total. The summed E-state index contributed by atoms with van der Waals surface area (Å²) in [6.07, 6.45) is 48.9. The maximum atomic E-state index is 12.5. The molecule has 0 heterocycles. The molecule has 0 bridgehead atoms. The standard InChI is InChI=1S/C43H75NO5/c1-3-5-7-9-11-13-15-17-19-21-23-25-27-29-31-33-35-40(44-41(45)39-49-43(48)38-37-42(46)47)36-34-32-30-28-26-24-22-20-18-16-14-12-10-8-6-4-2/h11-14,17-20,40H,3-10,15-16,21-39H2,1-2H3,(H,44,45)(H,46,47)/b13-11-,14-12-,19-17-,20-18-. The van der Waals surface area contributed by atoms with E-state index in [4.69, 9.17) is 9.84 Å². The molecule has 0 radical (unpaired) electrons. The lowest BCUT2D eigenvalue weighted by Gasteiger charge is -2.19. The molecule has 0 aliphatic heterocycles. The van der Waals surface area contributed by atoms with Gasteiger partial charge in [-0.05, 0) is 77.0 Å². The van der Waals surface area contributed by atoms with E-state index in [0.29, 0.717) is 0 Å². The van der Waals surface area contributed by atoms with Gasteiger partial charge in [0.2, 0.25) is 0 Å². The quantitative estimate of drug-likeness (QED) is 0.0389. The maximum absolute atomic E-state index is 12.5. The SMILES string of the molecule is CCCCC/C=C\C/C=C\CCCCCCCCC(CCCCCCCC/C=C\C/C=C\CCCCC)NC(=O)COC(=O)CCC(=O)O. The largest absolute Gasteiger partial charge is 0.481 e. The van der Waals surface area contributed by atoms with E-state index < -0.39 is 11.9 Å². The number of allylic oxidation sites excluding steroid dienone is 8. The summed E-state index contributed by atoms with van der Waals surface area (Å²) in [7, 11) is 0. The van der Waals surface area contributed by atoms with E-state index in [1.54, 1.807) is 0 Å². The van der Waals surface area contributed by atoms with Gasteiger partial charge in [0, 0.05) is 6.04 Å². The molecule has 0 aromatic heterocycles. The van der Waals surface area contributed by atoms with Crippen molar-refractivity contribution in [1.29, 1.82) is 0 Å². The zero-order valence-corrected chi connectivity index (χ0v) is 31.8. The number of carboxylic acids is 1. The van der Waals surface area contributed by atoms with Crippen molar-refractivity contribution in [3.8, 4) is 0 Å². The van der Waals surface area contributed by atoms with Crippen LogP contribution < -0.4 is 5.32 Å². The Morgan fingerprint density at radius 2 is 0.918 bits per heavy atom. The van der Waals surface area contributed by atoms with Crippen LogP contribution in [0.15, 0.2) is 48.6 Å². The smallest absolute Gasteiger partial charge is 0.306 e. The fourth-order valence-corrected chi connectivity index (χ4v) is 5.74. The average Bonchev–Trinajstić information content (AvgIpc) is 3.09. The van der Waals surface area contributed by atoms with Gasteiger partial charge in [0.25, 0.3) is 5.91 Å². The number of amides is 1. The fourth-order valence-electron chi connectivity index (χ4n) is 5.74. The maximum Gasteiger partial charge on any atom is 0.306 e. The summed E-state index contributed by atoms with van der Waals surface area (Å²) < 4.78 is 4.99. The molecule has 0 atom stereocenters. The number of rotatable bonds is 36. The second kappa shape index (κ2) is 38.2. The van der Waals surface area contributed by atoms with Crippen LogP contribution >= 0.6 is 0 Å². The first-order valence-electron chi connectivity index (χ1n) is 20.3. The predicted molar refractivity (Wildman–Crippen MR) is 208 cm³/mol. The molecule has 0 spiro atoms. The molecule has 0 aliphatic rings. The molecule has 0 saturated carbocycles. The Labute approximate surface area is 301 Å². The number of esters is 1. The number of unbranched alkanes of at least 4 members (excludes halogenated alkanes) is 18. The molecule has 0 saturated heterocycles. The molecular formula is C43H75NO5. The highest BCUT2D eigenvalue weighted by molar-refractivity contribution is 5.82. The lowest BCUT2D eigenvalue weighted by Crippen LogP contribution is -2.37. The Morgan fingerprint density at radius 3 is 1.33 bits per heavy atom. The molecule has 0 fully saturated rings. The predicted octanol–water partition coefficient (Wildman–Crippen LogP) is 12.3. The minimum absolute atomic E-state index is 0.0851. The fraction of sp³-hybridized carbons (Fsp3) is 0.744. The summed E-state index contributed by atoms with van der Waals surface area (Å²) in [5.41, 5.74) is 0. The normalized spacial score (nSPS) is 12.0. The number of hydrogen-bond donors (Lipinski definition) is 2. The van der Waals surface area contributed by atoms with Crippen LogP contribution in [-0.4, -0.2) is 35.6 Å². The van der Waals surface area contributed by atoms with E-state index in [1.165, 1.54) is 116 Å². The molecule has 6 heteroatoms. The average molecular weight is 686 g/mol. The third kappa shape index (κ3) is 38.0. The first kappa shape index (κ1) is 46.4. The topological polar surface area (TPSA) is 92.7 Å². The third-order valence-electron chi connectivity index (χ3n) is 8.78. The summed E-state index contributed by atoms with van der Waals surface area (Å²) >= 11 is 0. The van der Waals surface area contributed by atoms with Gasteiger partial charge in [-0.1, -0.05) is 152 Å². The van der Waals surface area contributed by atoms with Crippen molar-refractivity contribution in [2.24, 2.45) is 0 Å². The van der Waals surface area contributed by atoms with Gasteiger partial charge >= 0.3 is 11.9 Å². The monoisotopic (exact) mass is 686 g/mol. The van der Waals surface area contributed by atoms with Crippen LogP contribution in [0.1, 0.15) is 194 Å². The summed E-state index contributed by atoms with van der Waals surface area (Å²) in [4.78, 5) is 34.9. The molecule has 0 aromatic carbocycles. The third-order valence-corrected chi connectivity index (χ3v) is 8.78. The van der Waals surface area contributed by atoms with Crippen LogP contribution in [0.5, 0.6) is 0 Å². The zero-order valence-electron chi connectivity index (χ0n) is 31.8. The molecule has 0 rings (SSSR count). The van der Waals surface area contributed by atoms with Gasteiger partial charge in [-0.3, -0.25) is 14.4 Å². The van der Waals surface area contributed by atoms with E-state index in [2.05, 4.69) is 67.8 Å². The number of carboxylic acid groups (broad SMARTS) is 1. The van der Waals surface area contributed by atoms with Crippen molar-refractivity contribution in [2.45, 2.75) is 200 Å². The number of hydrogen-bond acceptors (Lipinski definition) is 4. The zero-order chi connectivity index (χ0) is 35.9. The van der Waals surface area contributed by atoms with Gasteiger partial charge in [-0.15, -0.1) is 0 Å². The van der Waals surface area contributed by atoms with E-state index in [1.807, 2.05) is 0 Å². The van der Waals surface area contributed by atoms with Gasteiger partial charge < -0.3 is 15.2 Å². The number of carbonyl (C=O) groups excluding carboxylic acids is 2. The summed E-state index contributed by atoms with van der Waals surface area (Å²) in [5.74, 6) is -2.00. The summed E-state index contributed by atoms with van der Waals surface area (Å²) in [6, 6.07) is 0.0851. The molecule has 1 amide bonds. The number of aliphatic carboxylic acids is 1. The molecule has 0 aliphatic carbocycles. The Morgan fingerprint density at radius 1 is 0.531 bits per heavy atom. The van der Waals surface area contributed by atoms with Crippen molar-refractivity contribution in [3.05, 3.63) is 48.6 Å². The first-order valence-corrected chi connectivity index (χ1v) is 20.3. The minimum atomic E-state index is -1.05. The highest BCUT2D eigenvalue weighted by atomic mass is 16.5. The Bertz CT molecular complexity index is 843. The Balaban J connectivity index is 4.20.